The van der Waals surface area contributed by atoms with E-state index in [0.717, 1.165) is 0 Å². The molecule has 0 amide bonds. The molecule has 1 nitrogen and oxygen atoms in total. The molecule has 114 valence electrons. The highest BCUT2D eigenvalue weighted by molar-refractivity contribution is 8.33. The van der Waals surface area contributed by atoms with Gasteiger partial charge in [0.1, 0.15) is 4.93 Å². The zero-order valence-corrected chi connectivity index (χ0v) is 15.7. The molecule has 0 aromatic heterocycles. The van der Waals surface area contributed by atoms with Crippen LogP contribution in [0, 0.1) is 5.92 Å². The molecule has 0 aliphatic heterocycles. The molecule has 0 saturated carbocycles. The molecule has 0 radical (unpaired) electrons. The highest BCUT2D eigenvalue weighted by atomic mass is 32.3. The Morgan fingerprint density at radius 3 is 1.68 bits per heavy atom. The third kappa shape index (κ3) is 5.20. The zero-order chi connectivity index (χ0) is 15.3. The maximum absolute atomic E-state index is 6.28. The van der Waals surface area contributed by atoms with Gasteiger partial charge in [-0.1, -0.05) is 38.2 Å². The van der Waals surface area contributed by atoms with E-state index in [2.05, 4.69) is 84.6 Å². The first-order valence-corrected chi connectivity index (χ1v) is 10.4. The summed E-state index contributed by atoms with van der Waals surface area (Å²) in [6.07, 6.45) is 15.6. The summed E-state index contributed by atoms with van der Waals surface area (Å²) in [5, 5.41) is 0. The van der Waals surface area contributed by atoms with Gasteiger partial charge < -0.3 is 0 Å². The van der Waals surface area contributed by atoms with Crippen molar-refractivity contribution in [3.05, 3.63) is 24.3 Å². The van der Waals surface area contributed by atoms with Crippen LogP contribution in [-0.4, -0.2) is 28.4 Å². The van der Waals surface area contributed by atoms with Crippen LogP contribution in [0.3, 0.4) is 0 Å². The third-order valence-electron chi connectivity index (χ3n) is 3.62. The molecular formula is C16H32OS2. The van der Waals surface area contributed by atoms with E-state index in [-0.39, 0.29) is 9.68 Å². The molecule has 0 rings (SSSR count). The maximum Gasteiger partial charge on any atom is 0.107 e. The lowest BCUT2D eigenvalue weighted by Gasteiger charge is -2.44. The van der Waals surface area contributed by atoms with Crippen LogP contribution in [0.5, 0.6) is 0 Å². The van der Waals surface area contributed by atoms with Crippen LogP contribution >= 0.6 is 22.1 Å². The average molecular weight is 305 g/mol. The molecule has 19 heavy (non-hydrogen) atoms. The van der Waals surface area contributed by atoms with Gasteiger partial charge in [0, 0.05) is 12.0 Å². The number of rotatable bonds is 7. The summed E-state index contributed by atoms with van der Waals surface area (Å²) in [6.45, 7) is 13.0. The van der Waals surface area contributed by atoms with Crippen molar-refractivity contribution in [2.75, 3.05) is 18.8 Å². The molecule has 0 N–H and O–H groups in total. The van der Waals surface area contributed by atoms with Crippen molar-refractivity contribution in [3.8, 4) is 0 Å². The minimum atomic E-state index is -0.772. The van der Waals surface area contributed by atoms with Crippen molar-refractivity contribution >= 4 is 22.1 Å². The molecule has 0 bridgehead atoms. The lowest BCUT2D eigenvalue weighted by atomic mass is 9.94. The van der Waals surface area contributed by atoms with Crippen molar-refractivity contribution < 1.29 is 4.18 Å². The van der Waals surface area contributed by atoms with E-state index in [1.165, 1.54) is 0 Å². The smallest absolute Gasteiger partial charge is 0.107 e. The van der Waals surface area contributed by atoms with Crippen molar-refractivity contribution in [1.82, 2.24) is 0 Å². The topological polar surface area (TPSA) is 9.23 Å². The summed E-state index contributed by atoms with van der Waals surface area (Å²) in [5.74, 6) is 0.482. The van der Waals surface area contributed by atoms with Gasteiger partial charge in [0.2, 0.25) is 0 Å². The first kappa shape index (κ1) is 19.1. The molecule has 3 heteroatoms. The van der Waals surface area contributed by atoms with E-state index in [4.69, 9.17) is 4.18 Å². The summed E-state index contributed by atoms with van der Waals surface area (Å²) >= 11 is 1.61. The summed E-state index contributed by atoms with van der Waals surface area (Å²) in [4.78, 5) is -0.0963. The van der Waals surface area contributed by atoms with E-state index in [1.807, 2.05) is 0 Å². The van der Waals surface area contributed by atoms with Gasteiger partial charge in [-0.15, -0.1) is 0 Å². The monoisotopic (exact) mass is 304 g/mol. The summed E-state index contributed by atoms with van der Waals surface area (Å²) in [5.41, 5.74) is 0. The second-order valence-corrected chi connectivity index (χ2v) is 12.1. The van der Waals surface area contributed by atoms with Crippen molar-refractivity contribution in [2.45, 2.75) is 51.2 Å². The second-order valence-electron chi connectivity index (χ2n) is 6.41. The highest BCUT2D eigenvalue weighted by Crippen LogP contribution is 2.54. The van der Waals surface area contributed by atoms with Gasteiger partial charge in [-0.05, 0) is 52.4 Å². The van der Waals surface area contributed by atoms with Crippen molar-refractivity contribution in [2.24, 2.45) is 5.92 Å². The Morgan fingerprint density at radius 2 is 1.42 bits per heavy atom. The van der Waals surface area contributed by atoms with Crippen LogP contribution < -0.4 is 0 Å². The van der Waals surface area contributed by atoms with Crippen LogP contribution in [-0.2, 0) is 4.18 Å². The second kappa shape index (κ2) is 7.24. The molecular weight excluding hydrogens is 272 g/mol. The third-order valence-corrected chi connectivity index (χ3v) is 8.29. The SMILES string of the molecule is CC=CC(C=CC)(SOC(C)(C)S(C)(C)C)C(C)C. The standard InChI is InChI=1S/C16H32OS2/c1-10-12-16(13-11-2,14(3)4)18-17-15(5,6)19(7,8)9/h10-14H,1-9H3. The molecule has 0 unspecified atom stereocenters. The van der Waals surface area contributed by atoms with Gasteiger partial charge in [0.15, 0.2) is 0 Å². The Hall–Kier alpha value is 0.140. The van der Waals surface area contributed by atoms with Gasteiger partial charge in [0.05, 0.1) is 4.75 Å². The predicted molar refractivity (Wildman–Crippen MR) is 95.3 cm³/mol. The molecule has 0 heterocycles. The van der Waals surface area contributed by atoms with E-state index < -0.39 is 10.0 Å². The average Bonchev–Trinajstić information content (AvgIpc) is 2.24. The van der Waals surface area contributed by atoms with E-state index in [9.17, 15) is 0 Å². The van der Waals surface area contributed by atoms with Gasteiger partial charge >= 0.3 is 0 Å². The fraction of sp³-hybridized carbons (Fsp3) is 0.750. The Morgan fingerprint density at radius 1 is 1.00 bits per heavy atom. The first-order valence-electron chi connectivity index (χ1n) is 6.85. The number of allylic oxidation sites excluding steroid dienone is 2. The van der Waals surface area contributed by atoms with Gasteiger partial charge in [-0.2, -0.15) is 0 Å². The molecule has 0 saturated heterocycles. The minimum Gasteiger partial charge on any atom is -0.299 e. The molecule has 0 aliphatic carbocycles. The van der Waals surface area contributed by atoms with Crippen LogP contribution in [0.2, 0.25) is 0 Å². The van der Waals surface area contributed by atoms with E-state index >= 15 is 0 Å². The van der Waals surface area contributed by atoms with Crippen LogP contribution in [0.1, 0.15) is 41.5 Å². The van der Waals surface area contributed by atoms with Crippen LogP contribution in [0.4, 0.5) is 0 Å². The predicted octanol–water partition coefficient (Wildman–Crippen LogP) is 5.63. The van der Waals surface area contributed by atoms with Gasteiger partial charge in [-0.25, -0.2) is 10.0 Å². The van der Waals surface area contributed by atoms with Gasteiger partial charge in [0.25, 0.3) is 0 Å². The van der Waals surface area contributed by atoms with E-state index in [0.29, 0.717) is 5.92 Å². The highest BCUT2D eigenvalue weighted by Gasteiger charge is 2.36. The molecule has 0 atom stereocenters. The molecule has 0 fully saturated rings. The fourth-order valence-electron chi connectivity index (χ4n) is 1.39. The van der Waals surface area contributed by atoms with Crippen molar-refractivity contribution in [1.29, 1.82) is 0 Å². The quantitative estimate of drug-likeness (QED) is 0.445. The van der Waals surface area contributed by atoms with Crippen LogP contribution in [0.15, 0.2) is 24.3 Å². The zero-order valence-electron chi connectivity index (χ0n) is 14.1. The Balaban J connectivity index is 5.16. The summed E-state index contributed by atoms with van der Waals surface area (Å²) < 4.78 is 6.20. The first-order chi connectivity index (χ1) is 8.52. The number of hydrogen-bond acceptors (Lipinski definition) is 2. The summed E-state index contributed by atoms with van der Waals surface area (Å²) in [6, 6.07) is 0. The molecule has 0 spiro atoms. The normalized spacial score (nSPS) is 18.4. The molecule has 0 aromatic rings. The largest absolute Gasteiger partial charge is 0.299 e. The lowest BCUT2D eigenvalue weighted by molar-refractivity contribution is 0.239. The summed E-state index contributed by atoms with van der Waals surface area (Å²) in [7, 11) is -0.772. The van der Waals surface area contributed by atoms with E-state index in [1.54, 1.807) is 12.0 Å². The molecule has 0 aromatic carbocycles. The maximum atomic E-state index is 6.28. The Kier molecular flexibility index (Phi) is 7.29. The molecule has 0 aliphatic rings. The van der Waals surface area contributed by atoms with Crippen LogP contribution in [0.25, 0.3) is 0 Å². The Bertz CT molecular complexity index is 310. The fourth-order valence-corrected chi connectivity index (χ4v) is 3.23. The lowest BCUT2D eigenvalue weighted by Crippen LogP contribution is -2.33. The minimum absolute atomic E-state index is 0.0779. The number of hydrogen-bond donors (Lipinski definition) is 0. The van der Waals surface area contributed by atoms with Gasteiger partial charge in [-0.3, -0.25) is 4.18 Å². The van der Waals surface area contributed by atoms with Crippen molar-refractivity contribution in [3.63, 3.8) is 0 Å². The Labute approximate surface area is 126 Å².